The molecule has 20 heavy (non-hydrogen) atoms. The summed E-state index contributed by atoms with van der Waals surface area (Å²) in [5, 5.41) is 3.88. The van der Waals surface area contributed by atoms with Crippen molar-refractivity contribution in [3.63, 3.8) is 0 Å². The normalized spacial score (nSPS) is 44.2. The molecule has 1 aliphatic carbocycles. The van der Waals surface area contributed by atoms with E-state index in [9.17, 15) is 0 Å². The Balaban J connectivity index is 1.43. The van der Waals surface area contributed by atoms with Gasteiger partial charge in [0.2, 0.25) is 0 Å². The Morgan fingerprint density at radius 2 is 1.70 bits per heavy atom. The van der Waals surface area contributed by atoms with E-state index < -0.39 is 0 Å². The Kier molecular flexibility index (Phi) is 3.56. The second-order valence-electron chi connectivity index (χ2n) is 7.95. The van der Waals surface area contributed by atoms with E-state index in [2.05, 4.69) is 22.0 Å². The minimum atomic E-state index is 0.406. The Labute approximate surface area is 124 Å². The summed E-state index contributed by atoms with van der Waals surface area (Å²) in [5.74, 6) is 0.953. The summed E-state index contributed by atoms with van der Waals surface area (Å²) in [6, 6.07) is 1.78. The largest absolute Gasteiger partial charge is 0.310 e. The molecule has 0 bridgehead atoms. The molecule has 4 aliphatic rings. The van der Waals surface area contributed by atoms with Gasteiger partial charge in [-0.1, -0.05) is 0 Å². The van der Waals surface area contributed by atoms with Crippen LogP contribution in [0.25, 0.3) is 0 Å². The number of fused-ring (bicyclic) bond motifs is 1. The van der Waals surface area contributed by atoms with Crippen molar-refractivity contribution in [3.05, 3.63) is 0 Å². The van der Waals surface area contributed by atoms with Crippen LogP contribution in [-0.4, -0.2) is 60.1 Å². The van der Waals surface area contributed by atoms with Crippen molar-refractivity contribution in [3.8, 4) is 0 Å². The molecule has 3 atom stereocenters. The van der Waals surface area contributed by atoms with Crippen molar-refractivity contribution in [2.45, 2.75) is 69.5 Å². The fourth-order valence-electron chi connectivity index (χ4n) is 5.05. The van der Waals surface area contributed by atoms with Gasteiger partial charge in [-0.05, 0) is 84.0 Å². The fourth-order valence-corrected chi connectivity index (χ4v) is 5.05. The van der Waals surface area contributed by atoms with Crippen molar-refractivity contribution < 1.29 is 0 Å². The molecule has 4 fully saturated rings. The highest BCUT2D eigenvalue weighted by Crippen LogP contribution is 2.41. The van der Waals surface area contributed by atoms with Crippen LogP contribution in [0.4, 0.5) is 0 Å². The van der Waals surface area contributed by atoms with Gasteiger partial charge in [-0.25, -0.2) is 0 Å². The molecule has 3 saturated heterocycles. The second-order valence-corrected chi connectivity index (χ2v) is 7.95. The third kappa shape index (κ3) is 2.53. The standard InChI is InChI=1S/C17H31N3/c1-17(14-5-6-14)13-20(10-3-8-18-17)16-7-11-19-9-2-4-15(19)12-16/h14-16,18H,2-13H2,1H3. The molecule has 0 radical (unpaired) electrons. The third-order valence-corrected chi connectivity index (χ3v) is 6.47. The number of hydrogen-bond donors (Lipinski definition) is 1. The SMILES string of the molecule is CC1(C2CC2)CN(C2CCN3CCCC3C2)CCCN1. The molecule has 0 aromatic carbocycles. The molecule has 114 valence electrons. The minimum Gasteiger partial charge on any atom is -0.310 e. The molecule has 1 saturated carbocycles. The summed E-state index contributed by atoms with van der Waals surface area (Å²) in [5.41, 5.74) is 0.406. The molecule has 3 heteroatoms. The van der Waals surface area contributed by atoms with Crippen LogP contribution in [-0.2, 0) is 0 Å². The van der Waals surface area contributed by atoms with Crippen LogP contribution in [0.5, 0.6) is 0 Å². The van der Waals surface area contributed by atoms with Crippen LogP contribution < -0.4 is 5.32 Å². The van der Waals surface area contributed by atoms with E-state index in [1.54, 1.807) is 0 Å². The lowest BCUT2D eigenvalue weighted by Gasteiger charge is -2.43. The monoisotopic (exact) mass is 277 g/mol. The fraction of sp³-hybridized carbons (Fsp3) is 1.00. The van der Waals surface area contributed by atoms with Gasteiger partial charge in [0.05, 0.1) is 0 Å². The molecule has 3 unspecified atom stereocenters. The highest BCUT2D eigenvalue weighted by atomic mass is 15.3. The molecular weight excluding hydrogens is 246 g/mol. The zero-order chi connectivity index (χ0) is 13.6. The highest BCUT2D eigenvalue weighted by Gasteiger charge is 2.44. The number of piperidine rings is 1. The second kappa shape index (κ2) is 5.26. The van der Waals surface area contributed by atoms with Gasteiger partial charge in [0.1, 0.15) is 0 Å². The van der Waals surface area contributed by atoms with E-state index in [0.717, 1.165) is 18.0 Å². The predicted molar refractivity (Wildman–Crippen MR) is 82.9 cm³/mol. The van der Waals surface area contributed by atoms with Gasteiger partial charge in [0.25, 0.3) is 0 Å². The first-order valence-electron chi connectivity index (χ1n) is 8.98. The smallest absolute Gasteiger partial charge is 0.0308 e. The lowest BCUT2D eigenvalue weighted by atomic mass is 9.91. The molecule has 1 N–H and O–H groups in total. The van der Waals surface area contributed by atoms with E-state index in [1.165, 1.54) is 77.7 Å². The maximum atomic E-state index is 3.88. The molecule has 4 rings (SSSR count). The number of nitrogens with zero attached hydrogens (tertiary/aromatic N) is 2. The lowest BCUT2D eigenvalue weighted by Crippen LogP contribution is -2.55. The molecular formula is C17H31N3. The van der Waals surface area contributed by atoms with Crippen molar-refractivity contribution in [2.75, 3.05) is 32.7 Å². The van der Waals surface area contributed by atoms with Gasteiger partial charge in [-0.2, -0.15) is 0 Å². The Hall–Kier alpha value is -0.120. The number of hydrogen-bond acceptors (Lipinski definition) is 3. The topological polar surface area (TPSA) is 18.5 Å². The first kappa shape index (κ1) is 13.5. The molecule has 0 aromatic rings. The van der Waals surface area contributed by atoms with E-state index in [4.69, 9.17) is 0 Å². The zero-order valence-corrected chi connectivity index (χ0v) is 13.1. The first-order valence-corrected chi connectivity index (χ1v) is 8.98. The maximum Gasteiger partial charge on any atom is 0.0308 e. The van der Waals surface area contributed by atoms with Crippen LogP contribution in [0.15, 0.2) is 0 Å². The van der Waals surface area contributed by atoms with Crippen molar-refractivity contribution in [2.24, 2.45) is 5.92 Å². The van der Waals surface area contributed by atoms with E-state index in [1.807, 2.05) is 0 Å². The third-order valence-electron chi connectivity index (χ3n) is 6.47. The molecule has 0 amide bonds. The van der Waals surface area contributed by atoms with E-state index in [-0.39, 0.29) is 0 Å². The first-order chi connectivity index (χ1) is 9.74. The average molecular weight is 277 g/mol. The maximum absolute atomic E-state index is 3.88. The van der Waals surface area contributed by atoms with Gasteiger partial charge in [-0.15, -0.1) is 0 Å². The van der Waals surface area contributed by atoms with Gasteiger partial charge < -0.3 is 10.2 Å². The number of nitrogens with one attached hydrogen (secondary N) is 1. The Morgan fingerprint density at radius 3 is 2.55 bits per heavy atom. The van der Waals surface area contributed by atoms with Crippen molar-refractivity contribution in [1.29, 1.82) is 0 Å². The van der Waals surface area contributed by atoms with E-state index in [0.29, 0.717) is 5.54 Å². The Bertz CT molecular complexity index is 354. The van der Waals surface area contributed by atoms with Crippen LogP contribution in [0.2, 0.25) is 0 Å². The highest BCUT2D eigenvalue weighted by molar-refractivity contribution is 5.02. The average Bonchev–Trinajstić information content (AvgIpc) is 3.23. The predicted octanol–water partition coefficient (Wildman–Crippen LogP) is 2.08. The lowest BCUT2D eigenvalue weighted by molar-refractivity contribution is 0.0725. The van der Waals surface area contributed by atoms with Crippen molar-refractivity contribution >= 4 is 0 Å². The Morgan fingerprint density at radius 1 is 0.900 bits per heavy atom. The van der Waals surface area contributed by atoms with E-state index >= 15 is 0 Å². The molecule has 3 heterocycles. The quantitative estimate of drug-likeness (QED) is 0.834. The van der Waals surface area contributed by atoms with Gasteiger partial charge in [0, 0.05) is 24.2 Å². The summed E-state index contributed by atoms with van der Waals surface area (Å²) < 4.78 is 0. The van der Waals surface area contributed by atoms with Crippen LogP contribution in [0.3, 0.4) is 0 Å². The summed E-state index contributed by atoms with van der Waals surface area (Å²) in [7, 11) is 0. The van der Waals surface area contributed by atoms with Gasteiger partial charge in [-0.3, -0.25) is 4.90 Å². The molecule has 0 spiro atoms. The summed E-state index contributed by atoms with van der Waals surface area (Å²) in [6.45, 7) is 9.08. The summed E-state index contributed by atoms with van der Waals surface area (Å²) >= 11 is 0. The van der Waals surface area contributed by atoms with Gasteiger partial charge >= 0.3 is 0 Å². The van der Waals surface area contributed by atoms with Crippen molar-refractivity contribution in [1.82, 2.24) is 15.1 Å². The summed E-state index contributed by atoms with van der Waals surface area (Å²) in [6.07, 6.45) is 10.0. The molecule has 0 aromatic heterocycles. The summed E-state index contributed by atoms with van der Waals surface area (Å²) in [4.78, 5) is 5.63. The minimum absolute atomic E-state index is 0.406. The van der Waals surface area contributed by atoms with Crippen LogP contribution in [0.1, 0.15) is 51.9 Å². The molecule has 3 nitrogen and oxygen atoms in total. The molecule has 3 aliphatic heterocycles. The van der Waals surface area contributed by atoms with Crippen LogP contribution in [0, 0.1) is 5.92 Å². The number of rotatable bonds is 2. The zero-order valence-electron chi connectivity index (χ0n) is 13.1. The van der Waals surface area contributed by atoms with Crippen LogP contribution >= 0.6 is 0 Å². The van der Waals surface area contributed by atoms with Gasteiger partial charge in [0.15, 0.2) is 0 Å².